The second kappa shape index (κ2) is 6.66. The minimum absolute atomic E-state index is 0.0398. The Morgan fingerprint density at radius 3 is 3.09 bits per heavy atom. The van der Waals surface area contributed by atoms with Gasteiger partial charge >= 0.3 is 6.03 Å². The molecule has 2 aromatic heterocycles. The Morgan fingerprint density at radius 1 is 1.43 bits per heavy atom. The van der Waals surface area contributed by atoms with E-state index in [4.69, 9.17) is 11.6 Å². The molecule has 23 heavy (non-hydrogen) atoms. The zero-order chi connectivity index (χ0) is 16.2. The van der Waals surface area contributed by atoms with E-state index in [0.29, 0.717) is 24.5 Å². The van der Waals surface area contributed by atoms with Gasteiger partial charge in [-0.2, -0.15) is 5.10 Å². The molecule has 120 valence electrons. The van der Waals surface area contributed by atoms with E-state index in [1.807, 2.05) is 4.90 Å². The highest BCUT2D eigenvalue weighted by Gasteiger charge is 2.26. The molecule has 3 heterocycles. The molecule has 8 nitrogen and oxygen atoms in total. The number of urea groups is 1. The van der Waals surface area contributed by atoms with E-state index in [0.717, 1.165) is 6.42 Å². The van der Waals surface area contributed by atoms with Gasteiger partial charge in [-0.1, -0.05) is 11.6 Å². The number of hydrogen-bond donors (Lipinski definition) is 3. The summed E-state index contributed by atoms with van der Waals surface area (Å²) < 4.78 is 0. The van der Waals surface area contributed by atoms with E-state index in [9.17, 15) is 9.59 Å². The zero-order valence-corrected chi connectivity index (χ0v) is 12.9. The van der Waals surface area contributed by atoms with Gasteiger partial charge < -0.3 is 15.5 Å². The summed E-state index contributed by atoms with van der Waals surface area (Å²) in [7, 11) is 0. The van der Waals surface area contributed by atoms with Crippen LogP contribution in [-0.4, -0.2) is 40.3 Å². The molecule has 1 atom stereocenters. The van der Waals surface area contributed by atoms with Crippen LogP contribution in [-0.2, 0) is 0 Å². The SMILES string of the molecule is O=C(Nc1cccnc1)N[C@@H]1CCN(c2cn[nH]c(=O)c2Cl)C1. The first-order valence-electron chi connectivity index (χ1n) is 7.09. The molecule has 0 spiro atoms. The molecule has 2 aromatic rings. The maximum absolute atomic E-state index is 12.0. The topological polar surface area (TPSA) is 103 Å². The Kier molecular flexibility index (Phi) is 4.42. The minimum Gasteiger partial charge on any atom is -0.367 e. The van der Waals surface area contributed by atoms with E-state index in [-0.39, 0.29) is 17.1 Å². The molecule has 2 amide bonds. The third-order valence-corrected chi connectivity index (χ3v) is 3.93. The highest BCUT2D eigenvalue weighted by atomic mass is 35.5. The normalized spacial score (nSPS) is 17.1. The summed E-state index contributed by atoms with van der Waals surface area (Å²) in [5.74, 6) is 0. The number of H-pyrrole nitrogens is 1. The summed E-state index contributed by atoms with van der Waals surface area (Å²) in [5.41, 5.74) is 0.781. The first kappa shape index (κ1) is 15.3. The lowest BCUT2D eigenvalue weighted by Crippen LogP contribution is -2.39. The molecular formula is C14H15ClN6O2. The lowest BCUT2D eigenvalue weighted by molar-refractivity contribution is 0.249. The maximum Gasteiger partial charge on any atom is 0.319 e. The quantitative estimate of drug-likeness (QED) is 0.783. The van der Waals surface area contributed by atoms with Gasteiger partial charge in [-0.25, -0.2) is 9.89 Å². The number of aromatic nitrogens is 3. The van der Waals surface area contributed by atoms with Gasteiger partial charge in [0.1, 0.15) is 5.02 Å². The number of nitrogens with one attached hydrogen (secondary N) is 3. The van der Waals surface area contributed by atoms with Gasteiger partial charge in [0.15, 0.2) is 0 Å². The summed E-state index contributed by atoms with van der Waals surface area (Å²) >= 11 is 6.00. The van der Waals surface area contributed by atoms with Gasteiger partial charge in [-0.3, -0.25) is 9.78 Å². The fourth-order valence-electron chi connectivity index (χ4n) is 2.48. The molecule has 0 bridgehead atoms. The second-order valence-electron chi connectivity index (χ2n) is 5.17. The largest absolute Gasteiger partial charge is 0.367 e. The second-order valence-corrected chi connectivity index (χ2v) is 5.55. The van der Waals surface area contributed by atoms with Crippen molar-refractivity contribution in [1.82, 2.24) is 20.5 Å². The third kappa shape index (κ3) is 3.59. The number of halogens is 1. The van der Waals surface area contributed by atoms with Gasteiger partial charge in [0.25, 0.3) is 5.56 Å². The van der Waals surface area contributed by atoms with Crippen molar-refractivity contribution in [3.8, 4) is 0 Å². The lowest BCUT2D eigenvalue weighted by atomic mass is 10.3. The number of amides is 2. The summed E-state index contributed by atoms with van der Waals surface area (Å²) in [6, 6.07) is 3.17. The van der Waals surface area contributed by atoms with Crippen LogP contribution in [0.2, 0.25) is 5.02 Å². The van der Waals surface area contributed by atoms with Crippen molar-refractivity contribution in [3.63, 3.8) is 0 Å². The summed E-state index contributed by atoms with van der Waals surface area (Å²) in [4.78, 5) is 29.3. The van der Waals surface area contributed by atoms with Crippen LogP contribution in [0.4, 0.5) is 16.2 Å². The fourth-order valence-corrected chi connectivity index (χ4v) is 2.69. The molecule has 1 fully saturated rings. The predicted octanol–water partition coefficient (Wildman–Crippen LogP) is 1.22. The molecule has 0 aliphatic carbocycles. The molecule has 0 aromatic carbocycles. The van der Waals surface area contributed by atoms with Gasteiger partial charge in [0.05, 0.1) is 23.8 Å². The average Bonchev–Trinajstić information content (AvgIpc) is 2.99. The Morgan fingerprint density at radius 2 is 2.30 bits per heavy atom. The molecule has 9 heteroatoms. The van der Waals surface area contributed by atoms with Crippen molar-refractivity contribution in [3.05, 3.63) is 46.1 Å². The maximum atomic E-state index is 12.0. The number of rotatable bonds is 3. The zero-order valence-electron chi connectivity index (χ0n) is 12.1. The number of nitrogens with zero attached hydrogens (tertiary/aromatic N) is 3. The standard InChI is InChI=1S/C14H15ClN6O2/c15-12-11(7-17-20-13(12)22)21-5-3-10(8-21)19-14(23)18-9-2-1-4-16-6-9/h1-2,4,6-7,10H,3,5,8H2,(H,20,22)(H2,18,19,23)/t10-/m1/s1. The predicted molar refractivity (Wildman–Crippen MR) is 86.9 cm³/mol. The summed E-state index contributed by atoms with van der Waals surface area (Å²) in [5, 5.41) is 11.8. The van der Waals surface area contributed by atoms with Crippen LogP contribution in [0.5, 0.6) is 0 Å². The average molecular weight is 335 g/mol. The van der Waals surface area contributed by atoms with Crippen molar-refractivity contribution in [2.24, 2.45) is 0 Å². The smallest absolute Gasteiger partial charge is 0.319 e. The molecule has 0 unspecified atom stereocenters. The summed E-state index contributed by atoms with van der Waals surface area (Å²) in [6.07, 6.45) is 5.48. The van der Waals surface area contributed by atoms with Gasteiger partial charge in [-0.15, -0.1) is 0 Å². The van der Waals surface area contributed by atoms with Crippen molar-refractivity contribution >= 4 is 29.0 Å². The van der Waals surface area contributed by atoms with Gasteiger partial charge in [0, 0.05) is 25.3 Å². The van der Waals surface area contributed by atoms with Crippen LogP contribution < -0.4 is 21.1 Å². The lowest BCUT2D eigenvalue weighted by Gasteiger charge is -2.19. The number of aromatic amines is 1. The Hall–Kier alpha value is -2.61. The van der Waals surface area contributed by atoms with E-state index in [2.05, 4.69) is 25.8 Å². The Balaban J connectivity index is 1.59. The first-order chi connectivity index (χ1) is 11.1. The van der Waals surface area contributed by atoms with Crippen LogP contribution in [0, 0.1) is 0 Å². The van der Waals surface area contributed by atoms with Crippen LogP contribution >= 0.6 is 11.6 Å². The van der Waals surface area contributed by atoms with Crippen LogP contribution in [0.1, 0.15) is 6.42 Å². The molecule has 3 N–H and O–H groups in total. The molecule has 0 radical (unpaired) electrons. The highest BCUT2D eigenvalue weighted by molar-refractivity contribution is 6.33. The molecule has 3 rings (SSSR count). The fraction of sp³-hybridized carbons (Fsp3) is 0.286. The minimum atomic E-state index is -0.421. The number of pyridine rings is 1. The molecule has 1 aliphatic rings. The van der Waals surface area contributed by atoms with Gasteiger partial charge in [-0.05, 0) is 18.6 Å². The third-order valence-electron chi connectivity index (χ3n) is 3.56. The van der Waals surface area contributed by atoms with Crippen LogP contribution in [0.3, 0.4) is 0 Å². The highest BCUT2D eigenvalue weighted by Crippen LogP contribution is 2.24. The Labute approximate surface area is 136 Å². The van der Waals surface area contributed by atoms with Crippen molar-refractivity contribution in [2.75, 3.05) is 23.3 Å². The van der Waals surface area contributed by atoms with Crippen molar-refractivity contribution in [2.45, 2.75) is 12.5 Å². The van der Waals surface area contributed by atoms with Crippen LogP contribution in [0.25, 0.3) is 0 Å². The summed E-state index contributed by atoms with van der Waals surface area (Å²) in [6.45, 7) is 1.24. The number of carbonyl (C=O) groups is 1. The van der Waals surface area contributed by atoms with E-state index >= 15 is 0 Å². The number of carbonyl (C=O) groups excluding carboxylic acids is 1. The number of anilines is 2. The van der Waals surface area contributed by atoms with E-state index in [1.54, 1.807) is 24.5 Å². The van der Waals surface area contributed by atoms with Crippen LogP contribution in [0.15, 0.2) is 35.5 Å². The van der Waals surface area contributed by atoms with Crippen molar-refractivity contribution in [1.29, 1.82) is 0 Å². The Bertz CT molecular complexity index is 750. The molecular weight excluding hydrogens is 320 g/mol. The monoisotopic (exact) mass is 334 g/mol. The number of hydrogen-bond acceptors (Lipinski definition) is 5. The first-order valence-corrected chi connectivity index (χ1v) is 7.47. The molecule has 0 saturated carbocycles. The molecule has 1 saturated heterocycles. The van der Waals surface area contributed by atoms with Gasteiger partial charge in [0.2, 0.25) is 0 Å². The van der Waals surface area contributed by atoms with Crippen molar-refractivity contribution < 1.29 is 4.79 Å². The van der Waals surface area contributed by atoms with E-state index < -0.39 is 5.56 Å². The van der Waals surface area contributed by atoms with E-state index in [1.165, 1.54) is 6.20 Å². The molecule has 1 aliphatic heterocycles.